The van der Waals surface area contributed by atoms with Crippen LogP contribution in [0, 0.1) is 0 Å². The molecule has 3 nitrogen and oxygen atoms in total. The summed E-state index contributed by atoms with van der Waals surface area (Å²) in [7, 11) is 0. The summed E-state index contributed by atoms with van der Waals surface area (Å²) in [6, 6.07) is 0. The normalized spacial score (nSPS) is 19.7. The Morgan fingerprint density at radius 1 is 0.789 bits per heavy atom. The Balaban J connectivity index is 1.71. The zero-order valence-corrected chi connectivity index (χ0v) is 12.7. The SMILES string of the molecule is CCCCCCCCCCCCCC1CCOOO1. The van der Waals surface area contributed by atoms with Gasteiger partial charge in [0.15, 0.2) is 0 Å². The molecule has 0 aliphatic carbocycles. The summed E-state index contributed by atoms with van der Waals surface area (Å²) >= 11 is 0. The maximum Gasteiger partial charge on any atom is 0.0984 e. The average Bonchev–Trinajstić information content (AvgIpc) is 2.46. The third kappa shape index (κ3) is 10.3. The van der Waals surface area contributed by atoms with E-state index >= 15 is 0 Å². The highest BCUT2D eigenvalue weighted by atomic mass is 17.5. The van der Waals surface area contributed by atoms with Gasteiger partial charge < -0.3 is 0 Å². The maximum atomic E-state index is 5.05. The molecule has 1 aliphatic rings. The first kappa shape index (κ1) is 16.9. The van der Waals surface area contributed by atoms with Crippen LogP contribution in [0.15, 0.2) is 0 Å². The van der Waals surface area contributed by atoms with E-state index in [9.17, 15) is 0 Å². The molecule has 0 aromatic heterocycles. The zero-order valence-electron chi connectivity index (χ0n) is 12.7. The van der Waals surface area contributed by atoms with Crippen molar-refractivity contribution in [2.24, 2.45) is 0 Å². The van der Waals surface area contributed by atoms with Gasteiger partial charge in [-0.1, -0.05) is 82.6 Å². The Kier molecular flexibility index (Phi) is 11.5. The smallest absolute Gasteiger partial charge is 0.0984 e. The largest absolute Gasteiger partial charge is 0.206 e. The van der Waals surface area contributed by atoms with Crippen LogP contribution in [0.4, 0.5) is 0 Å². The Labute approximate surface area is 118 Å². The zero-order chi connectivity index (χ0) is 13.6. The molecule has 0 amide bonds. The maximum absolute atomic E-state index is 5.05. The van der Waals surface area contributed by atoms with E-state index in [4.69, 9.17) is 4.89 Å². The highest BCUT2D eigenvalue weighted by molar-refractivity contribution is 4.58. The van der Waals surface area contributed by atoms with Gasteiger partial charge in [0.25, 0.3) is 0 Å². The fourth-order valence-corrected chi connectivity index (χ4v) is 2.57. The molecular weight excluding hydrogens is 240 g/mol. The number of unbranched alkanes of at least 4 members (excludes halogenated alkanes) is 10. The predicted octanol–water partition coefficient (Wildman–Crippen LogP) is 5.34. The van der Waals surface area contributed by atoms with Gasteiger partial charge in [-0.25, -0.2) is 9.78 Å². The summed E-state index contributed by atoms with van der Waals surface area (Å²) in [6.45, 7) is 2.94. The van der Waals surface area contributed by atoms with Crippen molar-refractivity contribution in [3.63, 3.8) is 0 Å². The van der Waals surface area contributed by atoms with E-state index in [1.165, 1.54) is 70.6 Å². The number of rotatable bonds is 12. The molecule has 1 unspecified atom stereocenters. The minimum absolute atomic E-state index is 0.257. The summed E-state index contributed by atoms with van der Waals surface area (Å²) in [5.41, 5.74) is 0. The average molecular weight is 272 g/mol. The van der Waals surface area contributed by atoms with Crippen molar-refractivity contribution in [3.8, 4) is 0 Å². The Morgan fingerprint density at radius 3 is 1.89 bits per heavy atom. The first-order valence-corrected chi connectivity index (χ1v) is 8.38. The molecule has 0 aromatic rings. The molecule has 19 heavy (non-hydrogen) atoms. The molecule has 0 saturated carbocycles. The first-order valence-electron chi connectivity index (χ1n) is 8.38. The van der Waals surface area contributed by atoms with Crippen LogP contribution in [0.5, 0.6) is 0 Å². The van der Waals surface area contributed by atoms with Crippen LogP contribution in [0.3, 0.4) is 0 Å². The van der Waals surface area contributed by atoms with Crippen molar-refractivity contribution in [2.75, 3.05) is 6.61 Å². The lowest BCUT2D eigenvalue weighted by atomic mass is 10.0. The van der Waals surface area contributed by atoms with Gasteiger partial charge in [-0.05, 0) is 6.42 Å². The van der Waals surface area contributed by atoms with Gasteiger partial charge in [0, 0.05) is 6.42 Å². The molecule has 1 atom stereocenters. The van der Waals surface area contributed by atoms with Crippen LogP contribution < -0.4 is 0 Å². The van der Waals surface area contributed by atoms with Crippen LogP contribution in [0.25, 0.3) is 0 Å². The van der Waals surface area contributed by atoms with Gasteiger partial charge >= 0.3 is 0 Å². The van der Waals surface area contributed by atoms with Crippen LogP contribution in [0.2, 0.25) is 0 Å². The van der Waals surface area contributed by atoms with Crippen molar-refractivity contribution >= 4 is 0 Å². The lowest BCUT2D eigenvalue weighted by molar-refractivity contribution is -0.549. The van der Waals surface area contributed by atoms with Crippen molar-refractivity contribution in [3.05, 3.63) is 0 Å². The van der Waals surface area contributed by atoms with Crippen molar-refractivity contribution in [1.29, 1.82) is 0 Å². The molecule has 1 rings (SSSR count). The van der Waals surface area contributed by atoms with E-state index in [2.05, 4.69) is 16.8 Å². The summed E-state index contributed by atoms with van der Waals surface area (Å²) in [6.07, 6.45) is 17.6. The van der Waals surface area contributed by atoms with Crippen molar-refractivity contribution in [1.82, 2.24) is 0 Å². The van der Waals surface area contributed by atoms with Gasteiger partial charge in [0.05, 0.1) is 12.7 Å². The Bertz CT molecular complexity index is 179. The van der Waals surface area contributed by atoms with Crippen molar-refractivity contribution in [2.45, 2.75) is 96.5 Å². The van der Waals surface area contributed by atoms with Crippen LogP contribution in [-0.4, -0.2) is 12.7 Å². The van der Waals surface area contributed by atoms with E-state index < -0.39 is 0 Å². The summed E-state index contributed by atoms with van der Waals surface area (Å²) in [5.74, 6) is 0. The topological polar surface area (TPSA) is 27.7 Å². The molecule has 0 aromatic carbocycles. The number of hydrogen-bond acceptors (Lipinski definition) is 3. The molecule has 114 valence electrons. The molecule has 0 bridgehead atoms. The summed E-state index contributed by atoms with van der Waals surface area (Å²) in [5, 5.41) is 4.53. The third-order valence-electron chi connectivity index (χ3n) is 3.88. The Morgan fingerprint density at radius 2 is 1.37 bits per heavy atom. The second kappa shape index (κ2) is 12.9. The molecule has 1 heterocycles. The highest BCUT2D eigenvalue weighted by Gasteiger charge is 2.15. The van der Waals surface area contributed by atoms with Gasteiger partial charge in [-0.15, -0.1) is 0 Å². The van der Waals surface area contributed by atoms with E-state index in [-0.39, 0.29) is 6.10 Å². The minimum atomic E-state index is 0.257. The molecule has 1 aliphatic heterocycles. The second-order valence-electron chi connectivity index (χ2n) is 5.72. The summed E-state index contributed by atoms with van der Waals surface area (Å²) < 4.78 is 0. The monoisotopic (exact) mass is 272 g/mol. The lowest BCUT2D eigenvalue weighted by Crippen LogP contribution is -2.21. The molecular formula is C16H32O3. The van der Waals surface area contributed by atoms with E-state index in [1.807, 2.05) is 0 Å². The second-order valence-corrected chi connectivity index (χ2v) is 5.72. The molecule has 0 spiro atoms. The van der Waals surface area contributed by atoms with Gasteiger partial charge in [-0.3, -0.25) is 0 Å². The van der Waals surface area contributed by atoms with Crippen LogP contribution in [-0.2, 0) is 14.8 Å². The fourth-order valence-electron chi connectivity index (χ4n) is 2.57. The van der Waals surface area contributed by atoms with Crippen LogP contribution >= 0.6 is 0 Å². The van der Waals surface area contributed by atoms with Gasteiger partial charge in [-0.2, -0.15) is 0 Å². The quantitative estimate of drug-likeness (QED) is 0.354. The number of hydrogen-bond donors (Lipinski definition) is 0. The Hall–Kier alpha value is -0.120. The molecule has 0 radical (unpaired) electrons. The van der Waals surface area contributed by atoms with Crippen molar-refractivity contribution < 1.29 is 14.8 Å². The van der Waals surface area contributed by atoms with Crippen LogP contribution in [0.1, 0.15) is 90.4 Å². The summed E-state index contributed by atoms with van der Waals surface area (Å²) in [4.78, 5) is 9.73. The predicted molar refractivity (Wildman–Crippen MR) is 77.6 cm³/mol. The molecule has 1 saturated heterocycles. The van der Waals surface area contributed by atoms with E-state index in [1.54, 1.807) is 0 Å². The highest BCUT2D eigenvalue weighted by Crippen LogP contribution is 2.16. The van der Waals surface area contributed by atoms with Gasteiger partial charge in [0.2, 0.25) is 0 Å². The van der Waals surface area contributed by atoms with Gasteiger partial charge in [0.1, 0.15) is 0 Å². The molecule has 3 heteroatoms. The third-order valence-corrected chi connectivity index (χ3v) is 3.88. The van der Waals surface area contributed by atoms with E-state index in [0.717, 1.165) is 12.8 Å². The first-order chi connectivity index (χ1) is 9.43. The standard InChI is InChI=1S/C16H32O3/c1-2-3-4-5-6-7-8-9-10-11-12-13-16-14-15-17-19-18-16/h16H,2-15H2,1H3. The minimum Gasteiger partial charge on any atom is -0.206 e. The fraction of sp³-hybridized carbons (Fsp3) is 1.00. The lowest BCUT2D eigenvalue weighted by Gasteiger charge is -2.19. The molecule has 1 fully saturated rings. The van der Waals surface area contributed by atoms with E-state index in [0.29, 0.717) is 6.61 Å². The molecule has 0 N–H and O–H groups in total.